The first-order valence-electron chi connectivity index (χ1n) is 8.47. The summed E-state index contributed by atoms with van der Waals surface area (Å²) in [5.74, 6) is -0.601. The van der Waals surface area contributed by atoms with Crippen molar-refractivity contribution in [2.45, 2.75) is 19.8 Å². The molecule has 1 saturated heterocycles. The first-order valence-corrected chi connectivity index (χ1v) is 8.85. The van der Waals surface area contributed by atoms with Gasteiger partial charge in [0.1, 0.15) is 12.2 Å². The Balaban J connectivity index is 2.03. The van der Waals surface area contributed by atoms with E-state index in [2.05, 4.69) is 0 Å². The molecule has 0 aliphatic carbocycles. The van der Waals surface area contributed by atoms with Gasteiger partial charge in [0, 0.05) is 29.7 Å². The number of nitro benzene ring substituents is 1. The highest BCUT2D eigenvalue weighted by molar-refractivity contribution is 6.31. The van der Waals surface area contributed by atoms with E-state index in [0.717, 1.165) is 12.0 Å². The Morgan fingerprint density at radius 2 is 2.04 bits per heavy atom. The molecule has 0 atom stereocenters. The topological polar surface area (TPSA) is 83.8 Å². The second-order valence-corrected chi connectivity index (χ2v) is 6.75. The number of aryl methyl sites for hydroxylation is 1. The van der Waals surface area contributed by atoms with Crippen molar-refractivity contribution in [3.63, 3.8) is 0 Å². The molecule has 8 heteroatoms. The second kappa shape index (κ2) is 7.75. The lowest BCUT2D eigenvalue weighted by molar-refractivity contribution is -0.385. The van der Waals surface area contributed by atoms with Gasteiger partial charge >= 0.3 is 0 Å². The van der Waals surface area contributed by atoms with Crippen LogP contribution in [0.4, 0.5) is 11.4 Å². The third-order valence-electron chi connectivity index (χ3n) is 4.53. The van der Waals surface area contributed by atoms with Crippen LogP contribution in [-0.4, -0.2) is 34.9 Å². The SMILES string of the molecule is Cc1ccc(N(CN2CCCC2=O)C(=O)c2ccccc2[N+](=O)[O-])cc1Cl. The summed E-state index contributed by atoms with van der Waals surface area (Å²) in [6, 6.07) is 10.9. The van der Waals surface area contributed by atoms with Crippen LogP contribution in [0.2, 0.25) is 5.02 Å². The first kappa shape index (κ1) is 18.8. The molecule has 3 rings (SSSR count). The van der Waals surface area contributed by atoms with E-state index >= 15 is 0 Å². The van der Waals surface area contributed by atoms with E-state index in [1.54, 1.807) is 29.2 Å². The zero-order chi connectivity index (χ0) is 19.6. The van der Waals surface area contributed by atoms with Gasteiger partial charge in [-0.15, -0.1) is 0 Å². The maximum atomic E-state index is 13.2. The highest BCUT2D eigenvalue weighted by atomic mass is 35.5. The van der Waals surface area contributed by atoms with Crippen LogP contribution in [0.25, 0.3) is 0 Å². The Morgan fingerprint density at radius 3 is 2.67 bits per heavy atom. The van der Waals surface area contributed by atoms with Crippen molar-refractivity contribution < 1.29 is 14.5 Å². The van der Waals surface area contributed by atoms with E-state index in [9.17, 15) is 19.7 Å². The van der Waals surface area contributed by atoms with E-state index in [1.165, 1.54) is 23.1 Å². The number of anilines is 1. The second-order valence-electron chi connectivity index (χ2n) is 6.34. The zero-order valence-corrected chi connectivity index (χ0v) is 15.5. The molecule has 0 aromatic heterocycles. The van der Waals surface area contributed by atoms with Crippen LogP contribution < -0.4 is 4.90 Å². The van der Waals surface area contributed by atoms with Gasteiger partial charge < -0.3 is 4.90 Å². The van der Waals surface area contributed by atoms with E-state index in [1.807, 2.05) is 6.92 Å². The summed E-state index contributed by atoms with van der Waals surface area (Å²) in [4.78, 5) is 38.9. The van der Waals surface area contributed by atoms with E-state index < -0.39 is 10.8 Å². The number of likely N-dealkylation sites (tertiary alicyclic amines) is 1. The molecule has 2 aromatic rings. The van der Waals surface area contributed by atoms with Crippen LogP contribution in [0.15, 0.2) is 42.5 Å². The summed E-state index contributed by atoms with van der Waals surface area (Å²) in [5, 5.41) is 11.8. The van der Waals surface area contributed by atoms with Gasteiger partial charge in [0.05, 0.1) is 4.92 Å². The highest BCUT2D eigenvalue weighted by Gasteiger charge is 2.29. The molecule has 0 saturated carbocycles. The molecule has 1 heterocycles. The quantitative estimate of drug-likeness (QED) is 0.577. The van der Waals surface area contributed by atoms with E-state index in [4.69, 9.17) is 11.6 Å². The number of amides is 2. The first-order chi connectivity index (χ1) is 12.9. The number of benzene rings is 2. The van der Waals surface area contributed by atoms with Gasteiger partial charge in [-0.25, -0.2) is 0 Å². The Kier molecular flexibility index (Phi) is 5.41. The number of halogens is 1. The van der Waals surface area contributed by atoms with Crippen molar-refractivity contribution in [3.8, 4) is 0 Å². The Bertz CT molecular complexity index is 916. The smallest absolute Gasteiger partial charge is 0.282 e. The fourth-order valence-corrected chi connectivity index (χ4v) is 3.17. The molecule has 1 fully saturated rings. The number of para-hydroxylation sites is 1. The maximum Gasteiger partial charge on any atom is 0.282 e. The number of nitro groups is 1. The third kappa shape index (κ3) is 3.93. The minimum atomic E-state index is -0.589. The molecule has 1 aliphatic heterocycles. The fourth-order valence-electron chi connectivity index (χ4n) is 3.00. The number of carbonyl (C=O) groups is 2. The fraction of sp³-hybridized carbons (Fsp3) is 0.263. The van der Waals surface area contributed by atoms with Crippen molar-refractivity contribution >= 4 is 34.8 Å². The van der Waals surface area contributed by atoms with Crippen LogP contribution >= 0.6 is 11.6 Å². The maximum absolute atomic E-state index is 13.2. The van der Waals surface area contributed by atoms with Crippen LogP contribution in [-0.2, 0) is 4.79 Å². The lowest BCUT2D eigenvalue weighted by Crippen LogP contribution is -2.42. The van der Waals surface area contributed by atoms with Crippen LogP contribution in [0.3, 0.4) is 0 Å². The standard InChI is InChI=1S/C19H18ClN3O4/c1-13-8-9-14(11-16(13)20)22(12-21-10-4-7-18(21)24)19(25)15-5-2-3-6-17(15)23(26)27/h2-3,5-6,8-9,11H,4,7,10,12H2,1H3. The average molecular weight is 388 g/mol. The molecule has 7 nitrogen and oxygen atoms in total. The molecular formula is C19H18ClN3O4. The lowest BCUT2D eigenvalue weighted by Gasteiger charge is -2.28. The van der Waals surface area contributed by atoms with Gasteiger partial charge in [-0.05, 0) is 37.1 Å². The number of hydrogen-bond acceptors (Lipinski definition) is 4. The summed E-state index contributed by atoms with van der Waals surface area (Å²) in [6.07, 6.45) is 1.16. The Hall–Kier alpha value is -2.93. The molecule has 140 valence electrons. The minimum absolute atomic E-state index is 0.0170. The summed E-state index contributed by atoms with van der Waals surface area (Å²) < 4.78 is 0. The number of hydrogen-bond donors (Lipinski definition) is 0. The molecule has 2 amide bonds. The van der Waals surface area contributed by atoms with Gasteiger partial charge in [0.2, 0.25) is 5.91 Å². The molecule has 0 unspecified atom stereocenters. The third-order valence-corrected chi connectivity index (χ3v) is 4.93. The van der Waals surface area contributed by atoms with Crippen molar-refractivity contribution in [1.29, 1.82) is 0 Å². The predicted octanol–water partition coefficient (Wildman–Crippen LogP) is 3.78. The van der Waals surface area contributed by atoms with Crippen molar-refractivity contribution in [3.05, 3.63) is 68.7 Å². The molecule has 2 aromatic carbocycles. The van der Waals surface area contributed by atoms with Gasteiger partial charge in [-0.1, -0.05) is 29.8 Å². The largest absolute Gasteiger partial charge is 0.324 e. The molecule has 0 spiro atoms. The Labute approximate surface area is 161 Å². The minimum Gasteiger partial charge on any atom is -0.324 e. The highest BCUT2D eigenvalue weighted by Crippen LogP contribution is 2.28. The molecule has 1 aliphatic rings. The monoisotopic (exact) mass is 387 g/mol. The van der Waals surface area contributed by atoms with E-state index in [0.29, 0.717) is 23.7 Å². The van der Waals surface area contributed by atoms with Crippen LogP contribution in [0.5, 0.6) is 0 Å². The molecule has 0 bridgehead atoms. The van der Waals surface area contributed by atoms with Crippen LogP contribution in [0.1, 0.15) is 28.8 Å². The van der Waals surface area contributed by atoms with Gasteiger partial charge in [0.25, 0.3) is 11.6 Å². The number of carbonyl (C=O) groups excluding carboxylic acids is 2. The van der Waals surface area contributed by atoms with E-state index in [-0.39, 0.29) is 23.8 Å². The average Bonchev–Trinajstić information content (AvgIpc) is 3.06. The molecule has 0 N–H and O–H groups in total. The summed E-state index contributed by atoms with van der Waals surface area (Å²) >= 11 is 6.21. The zero-order valence-electron chi connectivity index (χ0n) is 14.7. The van der Waals surface area contributed by atoms with Gasteiger partial charge in [0.15, 0.2) is 0 Å². The van der Waals surface area contributed by atoms with Crippen molar-refractivity contribution in [2.24, 2.45) is 0 Å². The van der Waals surface area contributed by atoms with Gasteiger partial charge in [-0.3, -0.25) is 24.6 Å². The molecule has 27 heavy (non-hydrogen) atoms. The van der Waals surface area contributed by atoms with Gasteiger partial charge in [-0.2, -0.15) is 0 Å². The van der Waals surface area contributed by atoms with Crippen LogP contribution in [0, 0.1) is 17.0 Å². The van der Waals surface area contributed by atoms with Crippen molar-refractivity contribution in [2.75, 3.05) is 18.1 Å². The van der Waals surface area contributed by atoms with Crippen molar-refractivity contribution in [1.82, 2.24) is 4.90 Å². The summed E-state index contributed by atoms with van der Waals surface area (Å²) in [6.45, 7) is 2.40. The lowest BCUT2D eigenvalue weighted by atomic mass is 10.1. The summed E-state index contributed by atoms with van der Waals surface area (Å²) in [5.41, 5.74) is 1.01. The normalized spacial score (nSPS) is 13.7. The number of rotatable bonds is 5. The number of nitrogens with zero attached hydrogens (tertiary/aromatic N) is 3. The molecule has 0 radical (unpaired) electrons. The summed E-state index contributed by atoms with van der Waals surface area (Å²) in [7, 11) is 0. The predicted molar refractivity (Wildman–Crippen MR) is 102 cm³/mol. The Morgan fingerprint density at radius 1 is 1.30 bits per heavy atom. The molecular weight excluding hydrogens is 370 g/mol.